The number of halogens is 1. The Balaban J connectivity index is 1.82. The first-order valence-corrected chi connectivity index (χ1v) is 8.39. The average Bonchev–Trinajstić information content (AvgIpc) is 2.67. The van der Waals surface area contributed by atoms with Crippen LogP contribution in [0.4, 0.5) is 0 Å². The highest BCUT2D eigenvalue weighted by atomic mass is 127. The van der Waals surface area contributed by atoms with Gasteiger partial charge in [-0.15, -0.1) is 0 Å². The van der Waals surface area contributed by atoms with Crippen LogP contribution < -0.4 is 0 Å². The van der Waals surface area contributed by atoms with E-state index in [1.165, 1.54) is 9.21 Å². The molecule has 0 bridgehead atoms. The molecular formula is C9H15IO5S. The van der Waals surface area contributed by atoms with Crippen molar-refractivity contribution in [2.45, 2.75) is 50.7 Å². The van der Waals surface area contributed by atoms with Gasteiger partial charge in [-0.05, 0) is 13.8 Å². The van der Waals surface area contributed by atoms with Crippen LogP contribution in [0.1, 0.15) is 20.3 Å². The zero-order chi connectivity index (χ0) is 11.8. The molecule has 94 valence electrons. The van der Waals surface area contributed by atoms with Gasteiger partial charge in [0.1, 0.15) is 12.2 Å². The van der Waals surface area contributed by atoms with E-state index in [0.29, 0.717) is 6.42 Å². The van der Waals surface area contributed by atoms with E-state index >= 15 is 0 Å². The first kappa shape index (κ1) is 13.3. The van der Waals surface area contributed by atoms with E-state index in [2.05, 4.69) is 0 Å². The topological polar surface area (TPSA) is 57.2 Å². The van der Waals surface area contributed by atoms with Gasteiger partial charge in [0, 0.05) is 27.6 Å². The summed E-state index contributed by atoms with van der Waals surface area (Å²) in [6.45, 7) is 3.97. The van der Waals surface area contributed by atoms with Crippen molar-refractivity contribution in [2.24, 2.45) is 0 Å². The van der Waals surface area contributed by atoms with Crippen LogP contribution in [0.3, 0.4) is 0 Å². The summed E-state index contributed by atoms with van der Waals surface area (Å²) >= 11 is 2.01. The zero-order valence-electron chi connectivity index (χ0n) is 9.09. The third-order valence-corrected chi connectivity index (χ3v) is 3.61. The molecule has 2 heterocycles. The van der Waals surface area contributed by atoms with Gasteiger partial charge in [0.25, 0.3) is 0 Å². The molecule has 7 heteroatoms. The molecule has 0 aromatic heterocycles. The van der Waals surface area contributed by atoms with Gasteiger partial charge in [-0.1, -0.05) is 0 Å². The highest BCUT2D eigenvalue weighted by Gasteiger charge is 2.49. The number of hydrogen-bond acceptors (Lipinski definition) is 6. The van der Waals surface area contributed by atoms with Crippen molar-refractivity contribution < 1.29 is 23.5 Å². The van der Waals surface area contributed by atoms with Crippen LogP contribution in [0.5, 0.6) is 0 Å². The minimum Gasteiger partial charge on any atom is -0.388 e. The van der Waals surface area contributed by atoms with Crippen molar-refractivity contribution in [3.05, 3.63) is 0 Å². The second-order valence-electron chi connectivity index (χ2n) is 4.37. The van der Waals surface area contributed by atoms with Crippen LogP contribution in [-0.2, 0) is 18.4 Å². The van der Waals surface area contributed by atoms with E-state index < -0.39 is 11.9 Å². The molecule has 16 heavy (non-hydrogen) atoms. The molecule has 0 radical (unpaired) electrons. The maximum atomic E-state index is 9.79. The first-order chi connectivity index (χ1) is 7.52. The van der Waals surface area contributed by atoms with Gasteiger partial charge in [-0.2, -0.15) is 0 Å². The Bertz CT molecular complexity index is 236. The summed E-state index contributed by atoms with van der Waals surface area (Å²) in [4.78, 5) is 0. The summed E-state index contributed by atoms with van der Waals surface area (Å²) in [6.07, 6.45) is -0.702. The Kier molecular flexibility index (Phi) is 4.37. The van der Waals surface area contributed by atoms with Gasteiger partial charge in [-0.25, -0.2) is 0 Å². The predicted octanol–water partition coefficient (Wildman–Crippen LogP) is 1.63. The molecule has 4 atom stereocenters. The molecule has 2 saturated heterocycles. The van der Waals surface area contributed by atoms with Gasteiger partial charge in [-0.3, -0.25) is 0 Å². The van der Waals surface area contributed by atoms with Gasteiger partial charge in [0.2, 0.25) is 0 Å². The quantitative estimate of drug-likeness (QED) is 0.606. The number of rotatable bonds is 4. The third-order valence-electron chi connectivity index (χ3n) is 2.62. The van der Waals surface area contributed by atoms with Crippen LogP contribution in [0.25, 0.3) is 0 Å². The van der Waals surface area contributed by atoms with E-state index in [-0.39, 0.29) is 25.1 Å². The van der Waals surface area contributed by atoms with Crippen molar-refractivity contribution in [3.8, 4) is 0 Å². The van der Waals surface area contributed by atoms with Crippen LogP contribution in [0.15, 0.2) is 0 Å². The summed E-state index contributed by atoms with van der Waals surface area (Å²) in [5.74, 6) is -0.584. The Labute approximate surface area is 111 Å². The lowest BCUT2D eigenvalue weighted by Gasteiger charge is -2.22. The monoisotopic (exact) mass is 362 g/mol. The molecule has 5 nitrogen and oxygen atoms in total. The van der Waals surface area contributed by atoms with E-state index in [0.717, 1.165) is 0 Å². The van der Waals surface area contributed by atoms with Gasteiger partial charge < -0.3 is 23.5 Å². The fraction of sp³-hybridized carbons (Fsp3) is 1.00. The van der Waals surface area contributed by atoms with Crippen molar-refractivity contribution in [3.63, 3.8) is 0 Å². The fourth-order valence-electron chi connectivity index (χ4n) is 1.99. The maximum Gasteiger partial charge on any atom is 0.187 e. The summed E-state index contributed by atoms with van der Waals surface area (Å²) in [5, 5.41) is 9.79. The molecule has 2 aliphatic heterocycles. The molecule has 0 spiro atoms. The van der Waals surface area contributed by atoms with Gasteiger partial charge in [0.05, 0.1) is 21.9 Å². The highest BCUT2D eigenvalue weighted by molar-refractivity contribution is 14.2. The second kappa shape index (κ2) is 5.25. The number of aliphatic hydroxyl groups excluding tert-OH is 1. The standard InChI is InChI=1S/C9H15IO5S/c1-9(2)14-7-3-6(13-8(7)15-9)5(11)4-12-16-10/h5-8,11H,3-4H2,1-2H3/t5-,6+,7-,8-/m1/s1. The molecule has 1 N–H and O–H groups in total. The smallest absolute Gasteiger partial charge is 0.187 e. The maximum absolute atomic E-state index is 9.79. The van der Waals surface area contributed by atoms with Gasteiger partial charge in [0.15, 0.2) is 12.1 Å². The number of aliphatic hydroxyl groups is 1. The Hall–Kier alpha value is 0.880. The second-order valence-corrected chi connectivity index (χ2v) is 5.81. The fourth-order valence-corrected chi connectivity index (χ4v) is 2.62. The Morgan fingerprint density at radius 2 is 2.31 bits per heavy atom. The lowest BCUT2D eigenvalue weighted by atomic mass is 10.1. The van der Waals surface area contributed by atoms with E-state index in [4.69, 9.17) is 18.4 Å². The summed E-state index contributed by atoms with van der Waals surface area (Å²) < 4.78 is 21.9. The number of fused-ring (bicyclic) bond motifs is 1. The van der Waals surface area contributed by atoms with Crippen molar-refractivity contribution >= 4 is 30.4 Å². The number of ether oxygens (including phenoxy) is 3. The highest BCUT2D eigenvalue weighted by Crippen LogP contribution is 2.38. The van der Waals surface area contributed by atoms with Crippen LogP contribution in [-0.4, -0.2) is 42.1 Å². The van der Waals surface area contributed by atoms with Crippen LogP contribution in [0, 0.1) is 0 Å². The Morgan fingerprint density at radius 3 is 2.94 bits per heavy atom. The van der Waals surface area contributed by atoms with Crippen LogP contribution in [0.2, 0.25) is 0 Å². The minimum atomic E-state index is -0.636. The Morgan fingerprint density at radius 1 is 1.56 bits per heavy atom. The van der Waals surface area contributed by atoms with E-state index in [1.807, 2.05) is 35.1 Å². The molecule has 2 aliphatic rings. The van der Waals surface area contributed by atoms with Crippen molar-refractivity contribution in [1.82, 2.24) is 0 Å². The SMILES string of the molecule is CC1(C)O[C@H]2O[C@H]([C@H](O)COSI)C[C@H]2O1. The molecule has 0 amide bonds. The lowest BCUT2D eigenvalue weighted by molar-refractivity contribution is -0.214. The molecule has 0 aliphatic carbocycles. The molecule has 0 aromatic rings. The first-order valence-electron chi connectivity index (χ1n) is 5.11. The van der Waals surface area contributed by atoms with Crippen molar-refractivity contribution in [2.75, 3.05) is 6.61 Å². The van der Waals surface area contributed by atoms with Crippen molar-refractivity contribution in [1.29, 1.82) is 0 Å². The molecule has 0 aromatic carbocycles. The third kappa shape index (κ3) is 3.01. The van der Waals surface area contributed by atoms with Crippen LogP contribution >= 0.6 is 30.4 Å². The molecular weight excluding hydrogens is 347 g/mol. The largest absolute Gasteiger partial charge is 0.388 e. The average molecular weight is 362 g/mol. The van der Waals surface area contributed by atoms with E-state index in [9.17, 15) is 5.11 Å². The molecule has 0 saturated carbocycles. The predicted molar refractivity (Wildman–Crippen MR) is 66.9 cm³/mol. The summed E-state index contributed by atoms with van der Waals surface area (Å²) in [7, 11) is 1.20. The van der Waals surface area contributed by atoms with E-state index in [1.54, 1.807) is 0 Å². The summed E-state index contributed by atoms with van der Waals surface area (Å²) in [6, 6.07) is 0. The summed E-state index contributed by atoms with van der Waals surface area (Å²) in [5.41, 5.74) is 0. The minimum absolute atomic E-state index is 0.0816. The molecule has 2 rings (SSSR count). The number of hydrogen-bond donors (Lipinski definition) is 1. The molecule has 0 unspecified atom stereocenters. The van der Waals surface area contributed by atoms with Gasteiger partial charge >= 0.3 is 0 Å². The molecule has 2 fully saturated rings. The normalized spacial score (nSPS) is 38.6. The lowest BCUT2D eigenvalue weighted by Crippen LogP contribution is -2.32. The zero-order valence-corrected chi connectivity index (χ0v) is 12.1.